The molecule has 0 aromatic heterocycles. The summed E-state index contributed by atoms with van der Waals surface area (Å²) in [6.45, 7) is 3.02. The first-order valence-electron chi connectivity index (χ1n) is 7.65. The molecule has 1 aliphatic heterocycles. The highest BCUT2D eigenvalue weighted by Crippen LogP contribution is 2.32. The Hall–Kier alpha value is -2.24. The molecule has 2 unspecified atom stereocenters. The fraction of sp³-hybridized carbons (Fsp3) is 0.278. The van der Waals surface area contributed by atoms with E-state index in [1.807, 2.05) is 55.5 Å². The Bertz CT molecular complexity index is 694. The molecule has 0 saturated heterocycles. The highest BCUT2D eigenvalue weighted by Gasteiger charge is 2.19. The minimum absolute atomic E-state index is 0. The van der Waals surface area contributed by atoms with Gasteiger partial charge in [0.1, 0.15) is 19.3 Å². The van der Waals surface area contributed by atoms with Crippen LogP contribution in [-0.4, -0.2) is 19.1 Å². The first-order valence-corrected chi connectivity index (χ1v) is 7.65. The SMILES string of the molecule is CC(NC(=O)C(N)c1ccccc1)c1ccc2c(c1)OCCO2.Cl. The van der Waals surface area contributed by atoms with E-state index >= 15 is 0 Å². The number of hydrogen-bond acceptors (Lipinski definition) is 4. The number of carbonyl (C=O) groups is 1. The van der Waals surface area contributed by atoms with Crippen molar-refractivity contribution in [1.29, 1.82) is 0 Å². The molecule has 6 heteroatoms. The summed E-state index contributed by atoms with van der Waals surface area (Å²) in [4.78, 5) is 12.3. The van der Waals surface area contributed by atoms with E-state index in [4.69, 9.17) is 15.2 Å². The lowest BCUT2D eigenvalue weighted by Gasteiger charge is -2.22. The van der Waals surface area contributed by atoms with Gasteiger partial charge in [0.25, 0.3) is 0 Å². The molecule has 1 amide bonds. The summed E-state index contributed by atoms with van der Waals surface area (Å²) in [7, 11) is 0. The second-order valence-electron chi connectivity index (χ2n) is 5.52. The third-order valence-electron chi connectivity index (χ3n) is 3.87. The lowest BCUT2D eigenvalue weighted by Crippen LogP contribution is -2.35. The lowest BCUT2D eigenvalue weighted by molar-refractivity contribution is -0.123. The highest BCUT2D eigenvalue weighted by molar-refractivity contribution is 5.85. The van der Waals surface area contributed by atoms with E-state index in [9.17, 15) is 4.79 Å². The van der Waals surface area contributed by atoms with Crippen LogP contribution in [0, 0.1) is 0 Å². The summed E-state index contributed by atoms with van der Waals surface area (Å²) >= 11 is 0. The van der Waals surface area contributed by atoms with Crippen molar-refractivity contribution in [2.75, 3.05) is 13.2 Å². The van der Waals surface area contributed by atoms with E-state index in [0.717, 1.165) is 16.9 Å². The molecule has 24 heavy (non-hydrogen) atoms. The summed E-state index contributed by atoms with van der Waals surface area (Å²) in [6.07, 6.45) is 0. The average Bonchev–Trinajstić information content (AvgIpc) is 2.61. The maximum atomic E-state index is 12.3. The van der Waals surface area contributed by atoms with Crippen molar-refractivity contribution in [3.05, 3.63) is 59.7 Å². The molecule has 0 radical (unpaired) electrons. The molecule has 0 fully saturated rings. The Morgan fingerprint density at radius 3 is 2.42 bits per heavy atom. The third kappa shape index (κ3) is 3.99. The van der Waals surface area contributed by atoms with Crippen LogP contribution in [0.25, 0.3) is 0 Å². The van der Waals surface area contributed by atoms with E-state index < -0.39 is 6.04 Å². The molecule has 0 bridgehead atoms. The molecular formula is C18H21ClN2O3. The number of rotatable bonds is 4. The molecule has 0 aliphatic carbocycles. The van der Waals surface area contributed by atoms with Crippen molar-refractivity contribution in [3.8, 4) is 11.5 Å². The molecule has 1 heterocycles. The van der Waals surface area contributed by atoms with Gasteiger partial charge in [0.2, 0.25) is 5.91 Å². The van der Waals surface area contributed by atoms with Gasteiger partial charge in [-0.1, -0.05) is 36.4 Å². The Kier molecular flexibility index (Phi) is 6.06. The zero-order chi connectivity index (χ0) is 16.2. The number of halogens is 1. The topological polar surface area (TPSA) is 73.6 Å². The minimum Gasteiger partial charge on any atom is -0.486 e. The highest BCUT2D eigenvalue weighted by atomic mass is 35.5. The predicted molar refractivity (Wildman–Crippen MR) is 94.6 cm³/mol. The number of carbonyl (C=O) groups excluding carboxylic acids is 1. The number of hydrogen-bond donors (Lipinski definition) is 2. The minimum atomic E-state index is -0.684. The van der Waals surface area contributed by atoms with Gasteiger partial charge < -0.3 is 20.5 Å². The third-order valence-corrected chi connectivity index (χ3v) is 3.87. The fourth-order valence-corrected chi connectivity index (χ4v) is 2.53. The van der Waals surface area contributed by atoms with Crippen LogP contribution in [0.2, 0.25) is 0 Å². The van der Waals surface area contributed by atoms with Crippen LogP contribution in [0.4, 0.5) is 0 Å². The molecule has 0 spiro atoms. The molecule has 3 rings (SSSR count). The summed E-state index contributed by atoms with van der Waals surface area (Å²) < 4.78 is 11.1. The maximum absolute atomic E-state index is 12.3. The summed E-state index contributed by atoms with van der Waals surface area (Å²) in [5, 5.41) is 2.94. The van der Waals surface area contributed by atoms with Crippen molar-refractivity contribution >= 4 is 18.3 Å². The largest absolute Gasteiger partial charge is 0.486 e. The van der Waals surface area contributed by atoms with Gasteiger partial charge in [-0.2, -0.15) is 0 Å². The van der Waals surface area contributed by atoms with Gasteiger partial charge in [-0.15, -0.1) is 12.4 Å². The Morgan fingerprint density at radius 2 is 1.71 bits per heavy atom. The van der Waals surface area contributed by atoms with Gasteiger partial charge in [0.15, 0.2) is 11.5 Å². The number of nitrogens with one attached hydrogen (secondary N) is 1. The number of amides is 1. The Balaban J connectivity index is 0.00000208. The van der Waals surface area contributed by atoms with Crippen molar-refractivity contribution in [2.45, 2.75) is 19.0 Å². The maximum Gasteiger partial charge on any atom is 0.241 e. The van der Waals surface area contributed by atoms with Gasteiger partial charge >= 0.3 is 0 Å². The predicted octanol–water partition coefficient (Wildman–Crippen LogP) is 2.76. The van der Waals surface area contributed by atoms with Gasteiger partial charge in [-0.25, -0.2) is 0 Å². The van der Waals surface area contributed by atoms with Crippen LogP contribution in [0.3, 0.4) is 0 Å². The first-order chi connectivity index (χ1) is 11.1. The van der Waals surface area contributed by atoms with E-state index in [-0.39, 0.29) is 24.4 Å². The molecular weight excluding hydrogens is 328 g/mol. The van der Waals surface area contributed by atoms with E-state index in [1.165, 1.54) is 0 Å². The van der Waals surface area contributed by atoms with E-state index in [2.05, 4.69) is 5.32 Å². The molecule has 2 aromatic carbocycles. The lowest BCUT2D eigenvalue weighted by atomic mass is 10.0. The first kappa shape index (κ1) is 18.1. The van der Waals surface area contributed by atoms with E-state index in [1.54, 1.807) is 0 Å². The second-order valence-corrected chi connectivity index (χ2v) is 5.52. The van der Waals surface area contributed by atoms with Crippen LogP contribution < -0.4 is 20.5 Å². The van der Waals surface area contributed by atoms with Crippen LogP contribution in [0.15, 0.2) is 48.5 Å². The molecule has 128 valence electrons. The van der Waals surface area contributed by atoms with Crippen LogP contribution in [-0.2, 0) is 4.79 Å². The fourth-order valence-electron chi connectivity index (χ4n) is 2.53. The van der Waals surface area contributed by atoms with Crippen molar-refractivity contribution in [1.82, 2.24) is 5.32 Å². The number of benzene rings is 2. The molecule has 0 saturated carbocycles. The number of fused-ring (bicyclic) bond motifs is 1. The molecule has 3 N–H and O–H groups in total. The molecule has 5 nitrogen and oxygen atoms in total. The molecule has 2 atom stereocenters. The van der Waals surface area contributed by atoms with Crippen molar-refractivity contribution in [3.63, 3.8) is 0 Å². The van der Waals surface area contributed by atoms with Gasteiger partial charge in [-0.3, -0.25) is 4.79 Å². The van der Waals surface area contributed by atoms with Crippen LogP contribution >= 0.6 is 12.4 Å². The Labute approximate surface area is 147 Å². The zero-order valence-electron chi connectivity index (χ0n) is 13.4. The zero-order valence-corrected chi connectivity index (χ0v) is 14.2. The van der Waals surface area contributed by atoms with Gasteiger partial charge in [0.05, 0.1) is 6.04 Å². The van der Waals surface area contributed by atoms with Crippen molar-refractivity contribution < 1.29 is 14.3 Å². The second kappa shape index (κ2) is 8.04. The number of ether oxygens (including phenoxy) is 2. The van der Waals surface area contributed by atoms with Crippen LogP contribution in [0.5, 0.6) is 11.5 Å². The van der Waals surface area contributed by atoms with E-state index in [0.29, 0.717) is 19.0 Å². The molecule has 2 aromatic rings. The average molecular weight is 349 g/mol. The van der Waals surface area contributed by atoms with Crippen molar-refractivity contribution in [2.24, 2.45) is 5.73 Å². The standard InChI is InChI=1S/C18H20N2O3.ClH/c1-12(14-7-8-15-16(11-14)23-10-9-22-15)20-18(21)17(19)13-5-3-2-4-6-13;/h2-8,11-12,17H,9-10,19H2,1H3,(H,20,21);1H. The summed E-state index contributed by atoms with van der Waals surface area (Å²) in [6, 6.07) is 14.1. The monoisotopic (exact) mass is 348 g/mol. The van der Waals surface area contributed by atoms with Gasteiger partial charge in [-0.05, 0) is 30.2 Å². The quantitative estimate of drug-likeness (QED) is 0.891. The normalized spacial score (nSPS) is 14.9. The molecule has 1 aliphatic rings. The Morgan fingerprint density at radius 1 is 1.04 bits per heavy atom. The smallest absolute Gasteiger partial charge is 0.241 e. The van der Waals surface area contributed by atoms with Crippen LogP contribution in [0.1, 0.15) is 30.1 Å². The number of nitrogens with two attached hydrogens (primary N) is 1. The summed E-state index contributed by atoms with van der Waals surface area (Å²) in [5.41, 5.74) is 7.76. The van der Waals surface area contributed by atoms with Gasteiger partial charge in [0, 0.05) is 0 Å². The summed E-state index contributed by atoms with van der Waals surface area (Å²) in [5.74, 6) is 1.24.